The van der Waals surface area contributed by atoms with Gasteiger partial charge in [0, 0.05) is 17.2 Å². The Morgan fingerprint density at radius 2 is 1.95 bits per heavy atom. The van der Waals surface area contributed by atoms with Gasteiger partial charge in [0.05, 0.1) is 0 Å². The van der Waals surface area contributed by atoms with Gasteiger partial charge in [-0.15, -0.1) is 11.8 Å². The van der Waals surface area contributed by atoms with Crippen molar-refractivity contribution in [2.75, 3.05) is 20.6 Å². The van der Waals surface area contributed by atoms with Gasteiger partial charge in [-0.25, -0.2) is 4.39 Å². The van der Waals surface area contributed by atoms with E-state index in [0.29, 0.717) is 0 Å². The normalized spacial score (nSPS) is 15.5. The summed E-state index contributed by atoms with van der Waals surface area (Å²) in [4.78, 5) is 3.44. The van der Waals surface area contributed by atoms with Crippen LogP contribution < -0.4 is 0 Å². The molecule has 0 aromatic heterocycles. The Kier molecular flexibility index (Phi) is 4.65. The number of fused-ring (bicyclic) bond motifs is 2. The fourth-order valence-electron chi connectivity index (χ4n) is 2.73. The van der Waals surface area contributed by atoms with Crippen molar-refractivity contribution in [3.05, 3.63) is 71.0 Å². The van der Waals surface area contributed by atoms with Gasteiger partial charge in [0.25, 0.3) is 0 Å². The summed E-state index contributed by atoms with van der Waals surface area (Å²) in [5, 5.41) is 0. The Hall–Kier alpha value is -1.58. The average Bonchev–Trinajstić information content (AvgIpc) is 2.65. The molecular formula is C19H20FNS. The third-order valence-corrected chi connectivity index (χ3v) is 4.97. The van der Waals surface area contributed by atoms with Crippen molar-refractivity contribution in [3.8, 4) is 0 Å². The van der Waals surface area contributed by atoms with Crippen LogP contribution in [0.1, 0.15) is 23.1 Å². The lowest BCUT2D eigenvalue weighted by atomic mass is 9.93. The Morgan fingerprint density at radius 3 is 2.77 bits per heavy atom. The molecule has 114 valence electrons. The van der Waals surface area contributed by atoms with Crippen molar-refractivity contribution in [3.63, 3.8) is 0 Å². The fourth-order valence-corrected chi connectivity index (χ4v) is 3.80. The molecule has 0 saturated carbocycles. The van der Waals surface area contributed by atoms with Crippen LogP contribution in [0.4, 0.5) is 4.39 Å². The van der Waals surface area contributed by atoms with Crippen molar-refractivity contribution in [1.82, 2.24) is 4.90 Å². The number of rotatable bonds is 3. The van der Waals surface area contributed by atoms with Crippen molar-refractivity contribution in [1.29, 1.82) is 0 Å². The van der Waals surface area contributed by atoms with E-state index in [1.807, 2.05) is 17.8 Å². The molecule has 0 saturated heterocycles. The standard InChI is InChI=1S/C19H20FNS/c1-21(2)11-5-7-16-17-6-3-4-8-19(17)22-13-14-9-10-15(20)12-18(14)16/h3-4,6-10,12H,5,11,13H2,1-2H3/b16-7-. The second-order valence-electron chi connectivity index (χ2n) is 5.80. The third-order valence-electron chi connectivity index (χ3n) is 3.85. The highest BCUT2D eigenvalue weighted by Gasteiger charge is 2.18. The van der Waals surface area contributed by atoms with E-state index in [0.717, 1.165) is 29.9 Å². The summed E-state index contributed by atoms with van der Waals surface area (Å²) in [6, 6.07) is 13.6. The molecule has 1 aliphatic rings. The number of halogens is 1. The van der Waals surface area contributed by atoms with Crippen LogP contribution >= 0.6 is 11.8 Å². The van der Waals surface area contributed by atoms with Crippen molar-refractivity contribution in [2.24, 2.45) is 0 Å². The van der Waals surface area contributed by atoms with Crippen LogP contribution in [0.5, 0.6) is 0 Å². The maximum atomic E-state index is 13.8. The maximum Gasteiger partial charge on any atom is 0.123 e. The first-order valence-electron chi connectivity index (χ1n) is 7.51. The lowest BCUT2D eigenvalue weighted by Crippen LogP contribution is -2.12. The van der Waals surface area contributed by atoms with Crippen LogP contribution in [0.25, 0.3) is 5.57 Å². The van der Waals surface area contributed by atoms with Crippen molar-refractivity contribution >= 4 is 17.3 Å². The highest BCUT2D eigenvalue weighted by Crippen LogP contribution is 2.40. The first kappa shape index (κ1) is 15.3. The average molecular weight is 313 g/mol. The SMILES string of the molecule is CN(C)CC/C=C1\c2cc(F)ccc2CSc2ccccc21. The molecule has 0 amide bonds. The zero-order valence-corrected chi connectivity index (χ0v) is 13.8. The zero-order chi connectivity index (χ0) is 15.5. The molecule has 0 atom stereocenters. The third kappa shape index (κ3) is 3.26. The first-order valence-corrected chi connectivity index (χ1v) is 8.49. The summed E-state index contributed by atoms with van der Waals surface area (Å²) in [7, 11) is 4.14. The fraction of sp³-hybridized carbons (Fsp3) is 0.263. The molecule has 2 aromatic rings. The van der Waals surface area contributed by atoms with Crippen molar-refractivity contribution < 1.29 is 4.39 Å². The van der Waals surface area contributed by atoms with Gasteiger partial charge >= 0.3 is 0 Å². The van der Waals surface area contributed by atoms with Gasteiger partial charge in [-0.3, -0.25) is 0 Å². The molecule has 0 aliphatic carbocycles. The van der Waals surface area contributed by atoms with E-state index in [4.69, 9.17) is 0 Å². The van der Waals surface area contributed by atoms with E-state index >= 15 is 0 Å². The van der Waals surface area contributed by atoms with Gasteiger partial charge in [-0.1, -0.05) is 30.3 Å². The first-order chi connectivity index (χ1) is 10.6. The van der Waals surface area contributed by atoms with Crippen LogP contribution in [-0.2, 0) is 5.75 Å². The smallest absolute Gasteiger partial charge is 0.123 e. The molecule has 0 fully saturated rings. The van der Waals surface area contributed by atoms with E-state index in [-0.39, 0.29) is 5.82 Å². The maximum absolute atomic E-state index is 13.8. The van der Waals surface area contributed by atoms with E-state index in [2.05, 4.69) is 49.3 Å². The van der Waals surface area contributed by atoms with Crippen LogP contribution in [0.3, 0.4) is 0 Å². The van der Waals surface area contributed by atoms with Gasteiger partial charge < -0.3 is 4.90 Å². The Labute approximate surface area is 135 Å². The highest BCUT2D eigenvalue weighted by molar-refractivity contribution is 7.98. The molecule has 1 heterocycles. The molecule has 0 bridgehead atoms. The van der Waals surface area contributed by atoms with E-state index < -0.39 is 0 Å². The Bertz CT molecular complexity index is 706. The predicted molar refractivity (Wildman–Crippen MR) is 92.7 cm³/mol. The molecule has 0 N–H and O–H groups in total. The molecule has 0 unspecified atom stereocenters. The summed E-state index contributed by atoms with van der Waals surface area (Å²) in [5.41, 5.74) is 4.63. The number of hydrogen-bond acceptors (Lipinski definition) is 2. The largest absolute Gasteiger partial charge is 0.309 e. The van der Waals surface area contributed by atoms with Crippen LogP contribution in [0.2, 0.25) is 0 Å². The number of thioether (sulfide) groups is 1. The molecular weight excluding hydrogens is 293 g/mol. The quantitative estimate of drug-likeness (QED) is 0.799. The summed E-state index contributed by atoms with van der Waals surface area (Å²) < 4.78 is 13.8. The van der Waals surface area contributed by atoms with Gasteiger partial charge in [0.1, 0.15) is 5.82 Å². The van der Waals surface area contributed by atoms with E-state index in [1.54, 1.807) is 12.1 Å². The number of hydrogen-bond donors (Lipinski definition) is 0. The minimum absolute atomic E-state index is 0.165. The van der Waals surface area contributed by atoms with Crippen LogP contribution in [0.15, 0.2) is 53.4 Å². The Morgan fingerprint density at radius 1 is 1.14 bits per heavy atom. The van der Waals surface area contributed by atoms with Crippen LogP contribution in [0, 0.1) is 5.82 Å². The minimum Gasteiger partial charge on any atom is -0.309 e. The molecule has 1 aliphatic heterocycles. The minimum atomic E-state index is -0.165. The highest BCUT2D eigenvalue weighted by atomic mass is 32.2. The summed E-state index contributed by atoms with van der Waals surface area (Å²) in [6.07, 6.45) is 3.21. The van der Waals surface area contributed by atoms with Gasteiger partial charge in [0.15, 0.2) is 0 Å². The predicted octanol–water partition coefficient (Wildman–Crippen LogP) is 4.81. The lowest BCUT2D eigenvalue weighted by molar-refractivity contribution is 0.417. The van der Waals surface area contributed by atoms with Gasteiger partial charge in [-0.05, 0) is 61.0 Å². The molecule has 1 nitrogen and oxygen atoms in total. The molecule has 0 radical (unpaired) electrons. The monoisotopic (exact) mass is 313 g/mol. The topological polar surface area (TPSA) is 3.24 Å². The van der Waals surface area contributed by atoms with E-state index in [1.165, 1.54) is 16.0 Å². The molecule has 3 heteroatoms. The van der Waals surface area contributed by atoms with Crippen LogP contribution in [-0.4, -0.2) is 25.5 Å². The molecule has 0 spiro atoms. The zero-order valence-electron chi connectivity index (χ0n) is 13.0. The molecule has 22 heavy (non-hydrogen) atoms. The number of benzene rings is 2. The summed E-state index contributed by atoms with van der Waals surface area (Å²) >= 11 is 1.83. The lowest BCUT2D eigenvalue weighted by Gasteiger charge is -2.13. The second kappa shape index (κ2) is 6.67. The van der Waals surface area contributed by atoms with Gasteiger partial charge in [0.2, 0.25) is 0 Å². The van der Waals surface area contributed by atoms with Gasteiger partial charge in [-0.2, -0.15) is 0 Å². The Balaban J connectivity index is 2.10. The molecule has 2 aromatic carbocycles. The summed E-state index contributed by atoms with van der Waals surface area (Å²) in [5.74, 6) is 0.721. The molecule has 3 rings (SSSR count). The summed E-state index contributed by atoms with van der Waals surface area (Å²) in [6.45, 7) is 0.990. The second-order valence-corrected chi connectivity index (χ2v) is 6.81. The van der Waals surface area contributed by atoms with Crippen molar-refractivity contribution in [2.45, 2.75) is 17.1 Å². The van der Waals surface area contributed by atoms with E-state index in [9.17, 15) is 4.39 Å². The number of nitrogens with zero attached hydrogens (tertiary/aromatic N) is 1.